The van der Waals surface area contributed by atoms with Crippen molar-refractivity contribution in [3.05, 3.63) is 212 Å². The molecule has 0 spiro atoms. The van der Waals surface area contributed by atoms with Gasteiger partial charge in [0.1, 0.15) is 11.2 Å². The SMILES string of the molecule is c1ccc(-c2nc(-c3cccc(-c4c(-c5ccccc5)n5ncc(-c6ccccc6)c5c5ccccc45)c3)nc(-c3cccc(-c4cccc5c4oc4ccccc45)c3)n2)cc1. The van der Waals surface area contributed by atoms with E-state index in [-0.39, 0.29) is 0 Å². The maximum atomic E-state index is 6.45. The fourth-order valence-corrected chi connectivity index (χ4v) is 8.87. The lowest BCUT2D eigenvalue weighted by Gasteiger charge is -2.18. The first-order valence-corrected chi connectivity index (χ1v) is 20.7. The summed E-state index contributed by atoms with van der Waals surface area (Å²) >= 11 is 0. The van der Waals surface area contributed by atoms with E-state index >= 15 is 0 Å². The van der Waals surface area contributed by atoms with Gasteiger partial charge in [0.25, 0.3) is 0 Å². The second kappa shape index (κ2) is 14.7. The topological polar surface area (TPSA) is 69.1 Å². The minimum absolute atomic E-state index is 0.581. The van der Waals surface area contributed by atoms with Gasteiger partial charge in [0.2, 0.25) is 0 Å². The van der Waals surface area contributed by atoms with Crippen molar-refractivity contribution in [2.75, 3.05) is 0 Å². The minimum atomic E-state index is 0.581. The molecule has 290 valence electrons. The molecule has 0 N–H and O–H groups in total. The van der Waals surface area contributed by atoms with Crippen LogP contribution in [0.15, 0.2) is 217 Å². The lowest BCUT2D eigenvalue weighted by molar-refractivity contribution is 0.670. The van der Waals surface area contributed by atoms with Crippen LogP contribution in [0.3, 0.4) is 0 Å². The van der Waals surface area contributed by atoms with Crippen LogP contribution in [-0.4, -0.2) is 24.6 Å². The summed E-state index contributed by atoms with van der Waals surface area (Å²) in [5.41, 5.74) is 13.9. The number of pyridine rings is 1. The number of para-hydroxylation sites is 2. The molecule has 6 heteroatoms. The van der Waals surface area contributed by atoms with E-state index in [2.05, 4.69) is 156 Å². The molecule has 12 rings (SSSR count). The lowest BCUT2D eigenvalue weighted by Crippen LogP contribution is -2.01. The van der Waals surface area contributed by atoms with Gasteiger partial charge in [-0.1, -0.05) is 188 Å². The maximum Gasteiger partial charge on any atom is 0.164 e. The zero-order valence-electron chi connectivity index (χ0n) is 33.4. The average molecular weight is 794 g/mol. The van der Waals surface area contributed by atoms with Crippen LogP contribution in [0.4, 0.5) is 0 Å². The van der Waals surface area contributed by atoms with Crippen LogP contribution in [0.25, 0.3) is 117 Å². The Hall–Kier alpha value is -8.48. The Balaban J connectivity index is 1.05. The molecular weight excluding hydrogens is 759 g/mol. The second-order valence-corrected chi connectivity index (χ2v) is 15.4. The number of aromatic nitrogens is 5. The Labute approximate surface area is 357 Å². The number of rotatable bonds is 7. The Morgan fingerprint density at radius 3 is 1.56 bits per heavy atom. The van der Waals surface area contributed by atoms with Crippen LogP contribution in [-0.2, 0) is 0 Å². The fourth-order valence-electron chi connectivity index (χ4n) is 8.87. The van der Waals surface area contributed by atoms with E-state index in [0.717, 1.165) is 99.6 Å². The zero-order valence-corrected chi connectivity index (χ0v) is 33.4. The van der Waals surface area contributed by atoms with Crippen LogP contribution in [0, 0.1) is 0 Å². The van der Waals surface area contributed by atoms with Crippen LogP contribution in [0.2, 0.25) is 0 Å². The molecule has 62 heavy (non-hydrogen) atoms. The standard InChI is InChI=1S/C56H35N5O/c1-4-17-36(18-5-1)48-35-57-61-51(37-19-6-2-7-20-37)50(45-28-10-11-29-46(45)52(48)61)40-24-15-26-42(34-40)56-59-54(38-21-8-3-9-22-38)58-55(60-56)41-25-14-23-39(33-41)43-30-16-31-47-44-27-12-13-32-49(44)62-53(43)47/h1-35H. The van der Waals surface area contributed by atoms with Gasteiger partial charge in [-0.15, -0.1) is 0 Å². The predicted molar refractivity (Wildman–Crippen MR) is 251 cm³/mol. The third-order valence-electron chi connectivity index (χ3n) is 11.7. The largest absolute Gasteiger partial charge is 0.455 e. The molecule has 0 amide bonds. The maximum absolute atomic E-state index is 6.45. The van der Waals surface area contributed by atoms with Gasteiger partial charge in [-0.3, -0.25) is 0 Å². The number of fused-ring (bicyclic) bond motifs is 6. The molecule has 0 radical (unpaired) electrons. The first kappa shape index (κ1) is 35.5. The highest BCUT2D eigenvalue weighted by molar-refractivity contribution is 6.13. The molecule has 0 unspecified atom stereocenters. The number of hydrogen-bond acceptors (Lipinski definition) is 5. The summed E-state index contributed by atoms with van der Waals surface area (Å²) < 4.78 is 8.57. The summed E-state index contributed by atoms with van der Waals surface area (Å²) in [4.78, 5) is 15.5. The Bertz CT molecular complexity index is 3630. The molecule has 0 aliphatic rings. The number of hydrogen-bond donors (Lipinski definition) is 0. The van der Waals surface area contributed by atoms with Crippen molar-refractivity contribution in [2.45, 2.75) is 0 Å². The smallest absolute Gasteiger partial charge is 0.164 e. The molecule has 4 heterocycles. The van der Waals surface area contributed by atoms with E-state index < -0.39 is 0 Å². The van der Waals surface area contributed by atoms with Crippen molar-refractivity contribution in [3.8, 4) is 78.8 Å². The van der Waals surface area contributed by atoms with Gasteiger partial charge in [-0.05, 0) is 40.3 Å². The normalized spacial score (nSPS) is 11.5. The third kappa shape index (κ3) is 5.96. The van der Waals surface area contributed by atoms with E-state index in [4.69, 9.17) is 24.5 Å². The number of nitrogens with zero attached hydrogens (tertiary/aromatic N) is 5. The summed E-state index contributed by atoms with van der Waals surface area (Å²) in [6, 6.07) is 71.2. The first-order chi connectivity index (χ1) is 30.7. The molecule has 0 atom stereocenters. The van der Waals surface area contributed by atoms with Gasteiger partial charge >= 0.3 is 0 Å². The lowest BCUT2D eigenvalue weighted by atomic mass is 9.91. The van der Waals surface area contributed by atoms with Gasteiger partial charge in [0.05, 0.1) is 17.4 Å². The van der Waals surface area contributed by atoms with Gasteiger partial charge in [-0.2, -0.15) is 5.10 Å². The van der Waals surface area contributed by atoms with Crippen molar-refractivity contribution >= 4 is 38.2 Å². The summed E-state index contributed by atoms with van der Waals surface area (Å²) in [7, 11) is 0. The van der Waals surface area contributed by atoms with Crippen molar-refractivity contribution in [1.82, 2.24) is 24.6 Å². The molecule has 6 nitrogen and oxygen atoms in total. The molecule has 8 aromatic carbocycles. The highest BCUT2D eigenvalue weighted by Crippen LogP contribution is 2.44. The second-order valence-electron chi connectivity index (χ2n) is 15.4. The van der Waals surface area contributed by atoms with E-state index in [1.54, 1.807) is 0 Å². The quantitative estimate of drug-likeness (QED) is 0.161. The van der Waals surface area contributed by atoms with Crippen molar-refractivity contribution < 1.29 is 4.42 Å². The van der Waals surface area contributed by atoms with Gasteiger partial charge in [0, 0.05) is 55.1 Å². The van der Waals surface area contributed by atoms with Gasteiger partial charge < -0.3 is 4.42 Å². The average Bonchev–Trinajstić information content (AvgIpc) is 3.97. The summed E-state index contributed by atoms with van der Waals surface area (Å²) in [6.07, 6.45) is 1.99. The van der Waals surface area contributed by atoms with Crippen molar-refractivity contribution in [2.24, 2.45) is 0 Å². The zero-order chi connectivity index (χ0) is 41.0. The Morgan fingerprint density at radius 1 is 0.355 bits per heavy atom. The molecule has 12 aromatic rings. The van der Waals surface area contributed by atoms with E-state index in [9.17, 15) is 0 Å². The van der Waals surface area contributed by atoms with E-state index in [0.29, 0.717) is 17.5 Å². The summed E-state index contributed by atoms with van der Waals surface area (Å²) in [5.74, 6) is 1.76. The van der Waals surface area contributed by atoms with Gasteiger partial charge in [0.15, 0.2) is 17.5 Å². The summed E-state index contributed by atoms with van der Waals surface area (Å²) in [6.45, 7) is 0. The van der Waals surface area contributed by atoms with E-state index in [1.807, 2.05) is 60.8 Å². The van der Waals surface area contributed by atoms with Crippen molar-refractivity contribution in [1.29, 1.82) is 0 Å². The molecule has 4 aromatic heterocycles. The Morgan fingerprint density at radius 2 is 0.855 bits per heavy atom. The summed E-state index contributed by atoms with van der Waals surface area (Å²) in [5, 5.41) is 9.55. The van der Waals surface area contributed by atoms with E-state index in [1.165, 1.54) is 0 Å². The van der Waals surface area contributed by atoms with Crippen LogP contribution >= 0.6 is 0 Å². The molecular formula is C56H35N5O. The monoisotopic (exact) mass is 793 g/mol. The van der Waals surface area contributed by atoms with Crippen LogP contribution in [0.5, 0.6) is 0 Å². The minimum Gasteiger partial charge on any atom is -0.455 e. The fraction of sp³-hybridized carbons (Fsp3) is 0. The molecule has 0 fully saturated rings. The molecule has 0 aliphatic heterocycles. The Kier molecular flexibility index (Phi) is 8.38. The number of benzene rings is 8. The van der Waals surface area contributed by atoms with Gasteiger partial charge in [-0.25, -0.2) is 19.5 Å². The first-order valence-electron chi connectivity index (χ1n) is 20.7. The highest BCUT2D eigenvalue weighted by Gasteiger charge is 2.22. The van der Waals surface area contributed by atoms with Crippen LogP contribution in [0.1, 0.15) is 0 Å². The van der Waals surface area contributed by atoms with Crippen LogP contribution < -0.4 is 0 Å². The highest BCUT2D eigenvalue weighted by atomic mass is 16.3. The molecule has 0 saturated carbocycles. The van der Waals surface area contributed by atoms with Crippen molar-refractivity contribution in [3.63, 3.8) is 0 Å². The molecule has 0 saturated heterocycles. The molecule has 0 bridgehead atoms. The third-order valence-corrected chi connectivity index (χ3v) is 11.7. The molecule has 0 aliphatic carbocycles. The predicted octanol–water partition coefficient (Wildman–Crippen LogP) is 14.2. The number of furan rings is 1.